The van der Waals surface area contributed by atoms with Gasteiger partial charge >= 0.3 is 0 Å². The van der Waals surface area contributed by atoms with E-state index in [9.17, 15) is 0 Å². The third kappa shape index (κ3) is 6.16. The number of rotatable bonds is 7. The number of hydrogen-bond donors (Lipinski definition) is 1. The minimum absolute atomic E-state index is 0.501. The summed E-state index contributed by atoms with van der Waals surface area (Å²) in [7, 11) is 0. The topological polar surface area (TPSA) is 12.0 Å². The molecular formula is C19H39N. The largest absolute Gasteiger partial charge is 0.316 e. The Labute approximate surface area is 128 Å². The van der Waals surface area contributed by atoms with Gasteiger partial charge in [-0.15, -0.1) is 0 Å². The van der Waals surface area contributed by atoms with Gasteiger partial charge < -0.3 is 5.32 Å². The first-order valence-corrected chi connectivity index (χ1v) is 9.05. The van der Waals surface area contributed by atoms with Crippen molar-refractivity contribution in [2.45, 2.75) is 80.1 Å². The predicted molar refractivity (Wildman–Crippen MR) is 91.0 cm³/mol. The van der Waals surface area contributed by atoms with E-state index in [-0.39, 0.29) is 0 Å². The third-order valence-corrected chi connectivity index (χ3v) is 5.25. The summed E-state index contributed by atoms with van der Waals surface area (Å²) >= 11 is 0. The van der Waals surface area contributed by atoms with E-state index in [0.717, 1.165) is 23.7 Å². The number of unbranched alkanes of at least 4 members (excludes halogenated alkanes) is 1. The minimum atomic E-state index is 0.501. The lowest BCUT2D eigenvalue weighted by Gasteiger charge is -2.42. The molecule has 1 saturated carbocycles. The van der Waals surface area contributed by atoms with Gasteiger partial charge in [-0.05, 0) is 61.4 Å². The van der Waals surface area contributed by atoms with Crippen LogP contribution in [0.5, 0.6) is 0 Å². The lowest BCUT2D eigenvalue weighted by atomic mass is 9.64. The van der Waals surface area contributed by atoms with E-state index in [2.05, 4.69) is 46.9 Å². The Morgan fingerprint density at radius 1 is 1.10 bits per heavy atom. The summed E-state index contributed by atoms with van der Waals surface area (Å²) < 4.78 is 0. The van der Waals surface area contributed by atoms with Gasteiger partial charge in [-0.1, -0.05) is 60.8 Å². The van der Waals surface area contributed by atoms with Gasteiger partial charge in [0.05, 0.1) is 0 Å². The summed E-state index contributed by atoms with van der Waals surface area (Å²) in [5.74, 6) is 3.60. The van der Waals surface area contributed by atoms with Crippen molar-refractivity contribution < 1.29 is 0 Å². The van der Waals surface area contributed by atoms with E-state index in [0.29, 0.717) is 5.41 Å². The van der Waals surface area contributed by atoms with Crippen LogP contribution in [0, 0.1) is 29.1 Å². The molecule has 0 radical (unpaired) electrons. The molecule has 0 amide bonds. The Balaban J connectivity index is 2.51. The van der Waals surface area contributed by atoms with Gasteiger partial charge in [-0.3, -0.25) is 0 Å². The van der Waals surface area contributed by atoms with Crippen LogP contribution in [0.15, 0.2) is 0 Å². The van der Waals surface area contributed by atoms with Gasteiger partial charge in [-0.2, -0.15) is 0 Å². The van der Waals surface area contributed by atoms with Crippen LogP contribution in [0.2, 0.25) is 0 Å². The summed E-state index contributed by atoms with van der Waals surface area (Å²) in [5.41, 5.74) is 0.501. The van der Waals surface area contributed by atoms with E-state index in [1.54, 1.807) is 0 Å². The molecule has 0 aliphatic heterocycles. The summed E-state index contributed by atoms with van der Waals surface area (Å²) in [6.07, 6.45) is 8.58. The highest BCUT2D eigenvalue weighted by Crippen LogP contribution is 2.44. The second-order valence-electron chi connectivity index (χ2n) is 8.59. The van der Waals surface area contributed by atoms with E-state index in [1.807, 2.05) is 0 Å². The van der Waals surface area contributed by atoms with Crippen LogP contribution in [0.25, 0.3) is 0 Å². The molecule has 0 saturated heterocycles. The van der Waals surface area contributed by atoms with Gasteiger partial charge in [-0.25, -0.2) is 0 Å². The molecule has 3 unspecified atom stereocenters. The molecule has 120 valence electrons. The van der Waals surface area contributed by atoms with E-state index in [1.165, 1.54) is 51.6 Å². The van der Waals surface area contributed by atoms with Crippen molar-refractivity contribution in [1.29, 1.82) is 0 Å². The molecule has 0 aromatic carbocycles. The Morgan fingerprint density at radius 3 is 2.35 bits per heavy atom. The highest BCUT2D eigenvalue weighted by Gasteiger charge is 2.35. The van der Waals surface area contributed by atoms with Crippen molar-refractivity contribution in [3.05, 3.63) is 0 Å². The van der Waals surface area contributed by atoms with Crippen LogP contribution >= 0.6 is 0 Å². The monoisotopic (exact) mass is 281 g/mol. The summed E-state index contributed by atoms with van der Waals surface area (Å²) in [6, 6.07) is 0. The fourth-order valence-electron chi connectivity index (χ4n) is 3.76. The SMILES string of the molecule is CCCCC1CC(C(C)(C)C)CCC1CNCC(C)C. The van der Waals surface area contributed by atoms with Crippen molar-refractivity contribution in [1.82, 2.24) is 5.32 Å². The molecule has 1 aliphatic rings. The van der Waals surface area contributed by atoms with Gasteiger partial charge in [0.2, 0.25) is 0 Å². The summed E-state index contributed by atoms with van der Waals surface area (Å²) in [6.45, 7) is 16.7. The van der Waals surface area contributed by atoms with Gasteiger partial charge in [0.1, 0.15) is 0 Å². The van der Waals surface area contributed by atoms with E-state index in [4.69, 9.17) is 0 Å². The molecule has 1 fully saturated rings. The van der Waals surface area contributed by atoms with Crippen molar-refractivity contribution in [2.24, 2.45) is 29.1 Å². The lowest BCUT2D eigenvalue weighted by Crippen LogP contribution is -2.37. The van der Waals surface area contributed by atoms with Crippen LogP contribution in [-0.4, -0.2) is 13.1 Å². The van der Waals surface area contributed by atoms with Gasteiger partial charge in [0.15, 0.2) is 0 Å². The molecule has 3 atom stereocenters. The zero-order chi connectivity index (χ0) is 15.2. The first-order chi connectivity index (χ1) is 9.34. The molecule has 0 aromatic heterocycles. The van der Waals surface area contributed by atoms with Crippen molar-refractivity contribution in [2.75, 3.05) is 13.1 Å². The van der Waals surface area contributed by atoms with Crippen molar-refractivity contribution in [3.8, 4) is 0 Å². The maximum atomic E-state index is 3.71. The average molecular weight is 282 g/mol. The molecule has 1 N–H and O–H groups in total. The fourth-order valence-corrected chi connectivity index (χ4v) is 3.76. The smallest absolute Gasteiger partial charge is 0.00178 e. The average Bonchev–Trinajstić information content (AvgIpc) is 2.35. The molecule has 20 heavy (non-hydrogen) atoms. The molecule has 0 aromatic rings. The standard InChI is InChI=1S/C19H39N/c1-7-8-9-16-12-18(19(4,5)6)11-10-17(16)14-20-13-15(2)3/h15-18,20H,7-14H2,1-6H3. The van der Waals surface area contributed by atoms with Crippen LogP contribution < -0.4 is 5.32 Å². The zero-order valence-corrected chi connectivity index (χ0v) is 15.0. The molecule has 1 rings (SSSR count). The van der Waals surface area contributed by atoms with Gasteiger partial charge in [0, 0.05) is 0 Å². The summed E-state index contributed by atoms with van der Waals surface area (Å²) in [5, 5.41) is 3.71. The Bertz CT molecular complexity index is 251. The minimum Gasteiger partial charge on any atom is -0.316 e. The second kappa shape index (κ2) is 8.41. The quantitative estimate of drug-likeness (QED) is 0.649. The molecule has 1 heteroatoms. The second-order valence-corrected chi connectivity index (χ2v) is 8.59. The Morgan fingerprint density at radius 2 is 1.80 bits per heavy atom. The molecule has 0 spiro atoms. The number of nitrogens with one attached hydrogen (secondary N) is 1. The first kappa shape index (κ1) is 18.0. The van der Waals surface area contributed by atoms with E-state index < -0.39 is 0 Å². The maximum absolute atomic E-state index is 3.71. The Hall–Kier alpha value is -0.0400. The first-order valence-electron chi connectivity index (χ1n) is 9.05. The number of hydrogen-bond acceptors (Lipinski definition) is 1. The molecule has 0 bridgehead atoms. The third-order valence-electron chi connectivity index (χ3n) is 5.25. The highest BCUT2D eigenvalue weighted by molar-refractivity contribution is 4.86. The predicted octanol–water partition coefficient (Wildman–Crippen LogP) is 5.50. The van der Waals surface area contributed by atoms with Crippen LogP contribution in [0.1, 0.15) is 80.1 Å². The molecule has 1 nitrogen and oxygen atoms in total. The van der Waals surface area contributed by atoms with Crippen LogP contribution in [0.4, 0.5) is 0 Å². The zero-order valence-electron chi connectivity index (χ0n) is 15.0. The lowest BCUT2D eigenvalue weighted by molar-refractivity contribution is 0.0910. The molecule has 0 heterocycles. The molecule has 1 aliphatic carbocycles. The van der Waals surface area contributed by atoms with Crippen LogP contribution in [-0.2, 0) is 0 Å². The highest BCUT2D eigenvalue weighted by atomic mass is 14.9. The van der Waals surface area contributed by atoms with Crippen LogP contribution in [0.3, 0.4) is 0 Å². The van der Waals surface area contributed by atoms with Crippen molar-refractivity contribution >= 4 is 0 Å². The van der Waals surface area contributed by atoms with E-state index >= 15 is 0 Å². The van der Waals surface area contributed by atoms with Crippen molar-refractivity contribution in [3.63, 3.8) is 0 Å². The summed E-state index contributed by atoms with van der Waals surface area (Å²) in [4.78, 5) is 0. The fraction of sp³-hybridized carbons (Fsp3) is 1.00. The van der Waals surface area contributed by atoms with Gasteiger partial charge in [0.25, 0.3) is 0 Å². The molecular weight excluding hydrogens is 242 g/mol. The normalized spacial score (nSPS) is 28.1. The maximum Gasteiger partial charge on any atom is -0.00178 e. The Kier molecular flexibility index (Phi) is 7.58.